The van der Waals surface area contributed by atoms with E-state index in [1.807, 2.05) is 19.1 Å². The number of anilines is 1. The molecule has 184 valence electrons. The smallest absolute Gasteiger partial charge is 0.343 e. The van der Waals surface area contributed by atoms with E-state index in [-0.39, 0.29) is 17.1 Å². The van der Waals surface area contributed by atoms with Crippen LogP contribution in [0.1, 0.15) is 34.3 Å². The Morgan fingerprint density at radius 3 is 1.95 bits per heavy atom. The lowest BCUT2D eigenvalue weighted by molar-refractivity contribution is -0.130. The minimum Gasteiger partial charge on any atom is -0.423 e. The summed E-state index contributed by atoms with van der Waals surface area (Å²) in [7, 11) is 0. The van der Waals surface area contributed by atoms with Gasteiger partial charge >= 0.3 is 11.9 Å². The van der Waals surface area contributed by atoms with Crippen molar-refractivity contribution in [3.63, 3.8) is 0 Å². The Bertz CT molecular complexity index is 1500. The van der Waals surface area contributed by atoms with Crippen molar-refractivity contribution in [2.75, 3.05) is 11.5 Å². The standard InChI is InChI=1S/C29H21NO7/c1-16(15-31)28(34)36-20-7-9-22-23-10-8-21(14-25(23)17(2)24(22)13-20)37-29(35)18-3-5-19(6-4-18)30-26(32)11-12-27(30)33/h3-14,17,31H,1,15H2,2H3. The molecular formula is C29H21NO7. The number of benzene rings is 3. The molecule has 1 aliphatic carbocycles. The van der Waals surface area contributed by atoms with Gasteiger partial charge in [0.25, 0.3) is 11.8 Å². The van der Waals surface area contributed by atoms with Gasteiger partial charge in [0.05, 0.1) is 23.4 Å². The SMILES string of the molecule is C=C(CO)C(=O)Oc1ccc2c(c1)C(C)c1cc(OC(=O)c3ccc(N4C(=O)C=CC4=O)cc3)ccc1-2. The zero-order chi connectivity index (χ0) is 26.3. The molecule has 1 heterocycles. The van der Waals surface area contributed by atoms with Gasteiger partial charge in [0.2, 0.25) is 0 Å². The molecule has 2 amide bonds. The number of amides is 2. The van der Waals surface area contributed by atoms with Crippen molar-refractivity contribution >= 4 is 29.4 Å². The molecule has 37 heavy (non-hydrogen) atoms. The van der Waals surface area contributed by atoms with Gasteiger partial charge in [-0.15, -0.1) is 0 Å². The Morgan fingerprint density at radius 1 is 0.865 bits per heavy atom. The number of hydrogen-bond donors (Lipinski definition) is 1. The monoisotopic (exact) mass is 495 g/mol. The fourth-order valence-electron chi connectivity index (χ4n) is 4.39. The van der Waals surface area contributed by atoms with Crippen LogP contribution in [0.4, 0.5) is 5.69 Å². The highest BCUT2D eigenvalue weighted by Gasteiger charge is 2.28. The van der Waals surface area contributed by atoms with Gasteiger partial charge in [-0.05, 0) is 70.8 Å². The molecule has 0 aromatic heterocycles. The Balaban J connectivity index is 1.31. The predicted molar refractivity (Wildman–Crippen MR) is 134 cm³/mol. The Labute approximate surface area is 212 Å². The maximum Gasteiger partial charge on any atom is 0.343 e. The lowest BCUT2D eigenvalue weighted by atomic mass is 9.99. The molecule has 1 atom stereocenters. The fraction of sp³-hybridized carbons (Fsp3) is 0.103. The summed E-state index contributed by atoms with van der Waals surface area (Å²) in [6.07, 6.45) is 2.39. The average molecular weight is 495 g/mol. The number of nitrogens with zero attached hydrogens (tertiary/aromatic N) is 1. The molecule has 8 heteroatoms. The Morgan fingerprint density at radius 2 is 1.41 bits per heavy atom. The summed E-state index contributed by atoms with van der Waals surface area (Å²) in [5.74, 6) is -1.47. The molecule has 1 aliphatic heterocycles. The third-order valence-corrected chi connectivity index (χ3v) is 6.34. The zero-order valence-corrected chi connectivity index (χ0v) is 19.8. The first-order valence-electron chi connectivity index (χ1n) is 11.4. The van der Waals surface area contributed by atoms with Gasteiger partial charge in [-0.2, -0.15) is 0 Å². The third-order valence-electron chi connectivity index (χ3n) is 6.34. The summed E-state index contributed by atoms with van der Waals surface area (Å²) in [5, 5.41) is 9.07. The number of ether oxygens (including phenoxy) is 2. The van der Waals surface area contributed by atoms with Gasteiger partial charge < -0.3 is 14.6 Å². The first kappa shape index (κ1) is 23.9. The largest absolute Gasteiger partial charge is 0.423 e. The lowest BCUT2D eigenvalue weighted by Crippen LogP contribution is -2.29. The van der Waals surface area contributed by atoms with Crippen molar-refractivity contribution in [2.45, 2.75) is 12.8 Å². The lowest BCUT2D eigenvalue weighted by Gasteiger charge is -2.14. The first-order valence-corrected chi connectivity index (χ1v) is 11.4. The van der Waals surface area contributed by atoms with Crippen LogP contribution in [0.15, 0.2) is 85.0 Å². The molecule has 0 bridgehead atoms. The van der Waals surface area contributed by atoms with Crippen LogP contribution in [0, 0.1) is 0 Å². The maximum absolute atomic E-state index is 12.7. The second-order valence-electron chi connectivity index (χ2n) is 8.65. The van der Waals surface area contributed by atoms with E-state index < -0.39 is 30.4 Å². The van der Waals surface area contributed by atoms with Crippen LogP contribution in [-0.2, 0) is 14.4 Å². The highest BCUT2D eigenvalue weighted by Crippen LogP contribution is 2.47. The van der Waals surface area contributed by atoms with Crippen LogP contribution < -0.4 is 14.4 Å². The van der Waals surface area contributed by atoms with E-state index in [2.05, 4.69) is 6.58 Å². The summed E-state index contributed by atoms with van der Waals surface area (Å²) in [6, 6.07) is 16.7. The maximum atomic E-state index is 12.7. The molecule has 3 aromatic rings. The minimum atomic E-state index is -0.692. The van der Waals surface area contributed by atoms with Gasteiger partial charge in [0, 0.05) is 18.1 Å². The number of fused-ring (bicyclic) bond motifs is 3. The Kier molecular flexibility index (Phi) is 6.02. The second-order valence-corrected chi connectivity index (χ2v) is 8.65. The Hall–Kier alpha value is -4.82. The highest BCUT2D eigenvalue weighted by atomic mass is 16.5. The fourth-order valence-corrected chi connectivity index (χ4v) is 4.39. The summed E-state index contributed by atoms with van der Waals surface area (Å²) in [5.41, 5.74) is 4.48. The van der Waals surface area contributed by atoms with E-state index in [0.29, 0.717) is 17.2 Å². The van der Waals surface area contributed by atoms with Crippen molar-refractivity contribution < 1.29 is 33.8 Å². The van der Waals surface area contributed by atoms with E-state index in [4.69, 9.17) is 14.6 Å². The van der Waals surface area contributed by atoms with E-state index >= 15 is 0 Å². The average Bonchev–Trinajstić information content (AvgIpc) is 3.38. The summed E-state index contributed by atoms with van der Waals surface area (Å²) < 4.78 is 10.9. The predicted octanol–water partition coefficient (Wildman–Crippen LogP) is 3.92. The molecule has 0 radical (unpaired) electrons. The zero-order valence-electron chi connectivity index (χ0n) is 19.8. The number of aliphatic hydroxyl groups is 1. The molecule has 1 N–H and O–H groups in total. The number of carbonyl (C=O) groups excluding carboxylic acids is 4. The van der Waals surface area contributed by atoms with Gasteiger partial charge in [-0.1, -0.05) is 25.6 Å². The summed E-state index contributed by atoms with van der Waals surface area (Å²) in [4.78, 5) is 49.4. The molecule has 0 saturated heterocycles. The molecule has 0 fully saturated rings. The van der Waals surface area contributed by atoms with Crippen molar-refractivity contribution in [1.29, 1.82) is 0 Å². The molecule has 2 aliphatic rings. The molecule has 1 unspecified atom stereocenters. The minimum absolute atomic E-state index is 0.0343. The van der Waals surface area contributed by atoms with Crippen LogP contribution >= 0.6 is 0 Å². The highest BCUT2D eigenvalue weighted by molar-refractivity contribution is 6.28. The van der Waals surface area contributed by atoms with E-state index in [9.17, 15) is 19.2 Å². The topological polar surface area (TPSA) is 110 Å². The molecule has 8 nitrogen and oxygen atoms in total. The van der Waals surface area contributed by atoms with Crippen molar-refractivity contribution in [1.82, 2.24) is 0 Å². The van der Waals surface area contributed by atoms with Gasteiger partial charge in [0.1, 0.15) is 11.5 Å². The second kappa shape index (κ2) is 9.33. The molecule has 3 aromatic carbocycles. The normalized spacial score (nSPS) is 15.4. The van der Waals surface area contributed by atoms with Crippen LogP contribution in [0.25, 0.3) is 11.1 Å². The summed E-state index contributed by atoms with van der Waals surface area (Å²) >= 11 is 0. The van der Waals surface area contributed by atoms with Gasteiger partial charge in [0.15, 0.2) is 0 Å². The molecule has 0 saturated carbocycles. The third kappa shape index (κ3) is 4.34. The van der Waals surface area contributed by atoms with Crippen LogP contribution in [-0.4, -0.2) is 35.5 Å². The van der Waals surface area contributed by atoms with Crippen LogP contribution in [0.2, 0.25) is 0 Å². The molecular weight excluding hydrogens is 474 g/mol. The quantitative estimate of drug-likeness (QED) is 0.239. The number of rotatable bonds is 6. The van der Waals surface area contributed by atoms with Crippen molar-refractivity contribution in [2.24, 2.45) is 0 Å². The number of hydrogen-bond acceptors (Lipinski definition) is 7. The number of aliphatic hydroxyl groups excluding tert-OH is 1. The first-order chi connectivity index (χ1) is 17.8. The van der Waals surface area contributed by atoms with E-state index in [1.54, 1.807) is 24.3 Å². The van der Waals surface area contributed by atoms with Gasteiger partial charge in [-0.3, -0.25) is 9.59 Å². The van der Waals surface area contributed by atoms with Crippen LogP contribution in [0.3, 0.4) is 0 Å². The number of esters is 2. The molecule has 5 rings (SSSR count). The van der Waals surface area contributed by atoms with Crippen molar-refractivity contribution in [3.8, 4) is 22.6 Å². The number of imide groups is 1. The van der Waals surface area contributed by atoms with Crippen LogP contribution in [0.5, 0.6) is 11.5 Å². The van der Waals surface area contributed by atoms with E-state index in [0.717, 1.165) is 27.2 Å². The molecule has 0 spiro atoms. The van der Waals surface area contributed by atoms with Gasteiger partial charge in [-0.25, -0.2) is 14.5 Å². The number of carbonyl (C=O) groups is 4. The summed E-state index contributed by atoms with van der Waals surface area (Å²) in [6.45, 7) is 5.00. The van der Waals surface area contributed by atoms with E-state index in [1.165, 1.54) is 36.4 Å². The van der Waals surface area contributed by atoms with Crippen molar-refractivity contribution in [3.05, 3.63) is 102 Å².